The summed E-state index contributed by atoms with van der Waals surface area (Å²) in [6, 6.07) is 8.10. The molecule has 2 aliphatic rings. The van der Waals surface area contributed by atoms with Gasteiger partial charge >= 0.3 is 0 Å². The second-order valence-corrected chi connectivity index (χ2v) is 7.83. The molecule has 7 heteroatoms. The Morgan fingerprint density at radius 1 is 1.23 bits per heavy atom. The molecule has 0 unspecified atom stereocenters. The SMILES string of the molecule is O=C([C@@H]1CSCCS1)N1Cc2cnnn2Cc2ccccc21. The Labute approximate surface area is 137 Å². The molecule has 1 amide bonds. The van der Waals surface area contributed by atoms with E-state index in [1.807, 2.05) is 39.5 Å². The quantitative estimate of drug-likeness (QED) is 0.800. The number of rotatable bonds is 1. The van der Waals surface area contributed by atoms with Gasteiger partial charge in [0.05, 0.1) is 30.2 Å². The van der Waals surface area contributed by atoms with E-state index in [-0.39, 0.29) is 11.2 Å². The second kappa shape index (κ2) is 5.96. The van der Waals surface area contributed by atoms with Crippen LogP contribution < -0.4 is 4.90 Å². The molecule has 1 atom stereocenters. The van der Waals surface area contributed by atoms with Crippen molar-refractivity contribution in [1.82, 2.24) is 15.0 Å². The van der Waals surface area contributed by atoms with E-state index in [1.165, 1.54) is 0 Å². The van der Waals surface area contributed by atoms with Crippen molar-refractivity contribution < 1.29 is 4.79 Å². The van der Waals surface area contributed by atoms with E-state index in [9.17, 15) is 4.79 Å². The van der Waals surface area contributed by atoms with Crippen LogP contribution in [0, 0.1) is 0 Å². The lowest BCUT2D eigenvalue weighted by Gasteiger charge is -2.28. The number of hydrogen-bond donors (Lipinski definition) is 0. The number of thioether (sulfide) groups is 2. The number of benzene rings is 1. The maximum absolute atomic E-state index is 13.0. The number of nitrogens with zero attached hydrogens (tertiary/aromatic N) is 4. The van der Waals surface area contributed by atoms with Gasteiger partial charge in [0, 0.05) is 22.9 Å². The van der Waals surface area contributed by atoms with Crippen molar-refractivity contribution in [2.45, 2.75) is 18.3 Å². The highest BCUT2D eigenvalue weighted by Crippen LogP contribution is 2.31. The molecular weight excluding hydrogens is 316 g/mol. The van der Waals surface area contributed by atoms with Gasteiger partial charge in [0.2, 0.25) is 5.91 Å². The van der Waals surface area contributed by atoms with Gasteiger partial charge in [-0.25, -0.2) is 4.68 Å². The van der Waals surface area contributed by atoms with Gasteiger partial charge in [-0.2, -0.15) is 11.8 Å². The first-order valence-electron chi connectivity index (χ1n) is 7.29. The number of carbonyl (C=O) groups excluding carboxylic acids is 1. The lowest BCUT2D eigenvalue weighted by Crippen LogP contribution is -2.40. The van der Waals surface area contributed by atoms with Crippen molar-refractivity contribution in [1.29, 1.82) is 0 Å². The average molecular weight is 332 g/mol. The lowest BCUT2D eigenvalue weighted by atomic mass is 10.1. The van der Waals surface area contributed by atoms with Gasteiger partial charge in [-0.3, -0.25) is 4.79 Å². The maximum atomic E-state index is 13.0. The fourth-order valence-corrected chi connectivity index (χ4v) is 5.46. The predicted molar refractivity (Wildman–Crippen MR) is 90.3 cm³/mol. The molecule has 0 aliphatic carbocycles. The third-order valence-corrected chi connectivity index (χ3v) is 6.72. The zero-order chi connectivity index (χ0) is 14.9. The van der Waals surface area contributed by atoms with E-state index in [4.69, 9.17) is 0 Å². The maximum Gasteiger partial charge on any atom is 0.241 e. The second-order valence-electron chi connectivity index (χ2n) is 5.37. The third-order valence-electron chi connectivity index (χ3n) is 3.98. The van der Waals surface area contributed by atoms with Crippen LogP contribution in [0.15, 0.2) is 30.5 Å². The van der Waals surface area contributed by atoms with E-state index < -0.39 is 0 Å². The largest absolute Gasteiger partial charge is 0.305 e. The fourth-order valence-electron chi connectivity index (χ4n) is 2.85. The van der Waals surface area contributed by atoms with Gasteiger partial charge in [0.25, 0.3) is 0 Å². The van der Waals surface area contributed by atoms with Crippen molar-refractivity contribution in [3.8, 4) is 0 Å². The van der Waals surface area contributed by atoms with E-state index in [0.717, 1.165) is 34.2 Å². The minimum Gasteiger partial charge on any atom is -0.305 e. The summed E-state index contributed by atoms with van der Waals surface area (Å²) in [7, 11) is 0. The molecule has 4 rings (SSSR count). The van der Waals surface area contributed by atoms with Gasteiger partial charge in [0.1, 0.15) is 0 Å². The number of para-hydroxylation sites is 1. The van der Waals surface area contributed by atoms with Crippen molar-refractivity contribution in [2.75, 3.05) is 22.2 Å². The van der Waals surface area contributed by atoms with Crippen LogP contribution in [0.4, 0.5) is 5.69 Å². The van der Waals surface area contributed by atoms with Crippen molar-refractivity contribution in [3.05, 3.63) is 41.7 Å². The molecule has 0 bridgehead atoms. The van der Waals surface area contributed by atoms with E-state index >= 15 is 0 Å². The Bertz CT molecular complexity index is 696. The van der Waals surface area contributed by atoms with Crippen LogP contribution in [0.5, 0.6) is 0 Å². The van der Waals surface area contributed by atoms with Crippen LogP contribution in [0.25, 0.3) is 0 Å². The molecule has 0 radical (unpaired) electrons. The number of fused-ring (bicyclic) bond motifs is 2. The molecule has 22 heavy (non-hydrogen) atoms. The molecule has 1 aromatic carbocycles. The predicted octanol–water partition coefficient (Wildman–Crippen LogP) is 2.02. The molecule has 1 aromatic heterocycles. The minimum atomic E-state index is 0.0502. The molecule has 1 fully saturated rings. The van der Waals surface area contributed by atoms with Crippen LogP contribution >= 0.6 is 23.5 Å². The van der Waals surface area contributed by atoms with E-state index in [0.29, 0.717) is 13.1 Å². The van der Waals surface area contributed by atoms with Crippen LogP contribution in [0.1, 0.15) is 11.3 Å². The Hall–Kier alpha value is -1.47. The number of amides is 1. The zero-order valence-electron chi connectivity index (χ0n) is 12.0. The highest BCUT2D eigenvalue weighted by atomic mass is 32.2. The Morgan fingerprint density at radius 3 is 3.00 bits per heavy atom. The van der Waals surface area contributed by atoms with Crippen LogP contribution in [-0.2, 0) is 17.9 Å². The molecule has 2 aromatic rings. The molecular formula is C15H16N4OS2. The van der Waals surface area contributed by atoms with Crippen LogP contribution in [0.2, 0.25) is 0 Å². The summed E-state index contributed by atoms with van der Waals surface area (Å²) in [5.41, 5.74) is 3.11. The molecule has 0 spiro atoms. The normalized spacial score (nSPS) is 20.9. The van der Waals surface area contributed by atoms with Gasteiger partial charge in [-0.15, -0.1) is 16.9 Å². The van der Waals surface area contributed by atoms with E-state index in [1.54, 1.807) is 18.0 Å². The molecule has 0 saturated carbocycles. The summed E-state index contributed by atoms with van der Waals surface area (Å²) in [6.07, 6.45) is 1.76. The molecule has 2 aliphatic heterocycles. The molecule has 114 valence electrons. The summed E-state index contributed by atoms with van der Waals surface area (Å²) in [5, 5.41) is 8.18. The van der Waals surface area contributed by atoms with Crippen LogP contribution in [-0.4, -0.2) is 43.4 Å². The number of aromatic nitrogens is 3. The van der Waals surface area contributed by atoms with E-state index in [2.05, 4.69) is 16.4 Å². The van der Waals surface area contributed by atoms with Gasteiger partial charge in [-0.1, -0.05) is 23.4 Å². The smallest absolute Gasteiger partial charge is 0.241 e. The summed E-state index contributed by atoms with van der Waals surface area (Å²) in [6.45, 7) is 1.21. The summed E-state index contributed by atoms with van der Waals surface area (Å²) < 4.78 is 1.88. The molecule has 5 nitrogen and oxygen atoms in total. The Kier molecular flexibility index (Phi) is 3.83. The van der Waals surface area contributed by atoms with Crippen molar-refractivity contribution in [3.63, 3.8) is 0 Å². The highest BCUT2D eigenvalue weighted by Gasteiger charge is 2.31. The standard InChI is InChI=1S/C15H16N4OS2/c20-15(14-10-21-5-6-22-14)18-9-12-7-16-17-19(12)8-11-3-1-2-4-13(11)18/h1-4,7,14H,5-6,8-10H2/t14-/m0/s1. The minimum absolute atomic E-state index is 0.0502. The first-order chi connectivity index (χ1) is 10.8. The monoisotopic (exact) mass is 332 g/mol. The van der Waals surface area contributed by atoms with Gasteiger partial charge in [0.15, 0.2) is 0 Å². The summed E-state index contributed by atoms with van der Waals surface area (Å²) >= 11 is 3.65. The van der Waals surface area contributed by atoms with Crippen LogP contribution in [0.3, 0.4) is 0 Å². The number of hydrogen-bond acceptors (Lipinski definition) is 5. The van der Waals surface area contributed by atoms with Crippen molar-refractivity contribution in [2.24, 2.45) is 0 Å². The number of anilines is 1. The lowest BCUT2D eigenvalue weighted by molar-refractivity contribution is -0.117. The first kappa shape index (κ1) is 14.1. The zero-order valence-corrected chi connectivity index (χ0v) is 13.6. The molecule has 3 heterocycles. The van der Waals surface area contributed by atoms with Gasteiger partial charge in [-0.05, 0) is 11.6 Å². The molecule has 0 N–H and O–H groups in total. The Balaban J connectivity index is 1.72. The number of carbonyl (C=O) groups is 1. The van der Waals surface area contributed by atoms with Crippen molar-refractivity contribution >= 4 is 35.1 Å². The first-order valence-corrected chi connectivity index (χ1v) is 9.49. The fraction of sp³-hybridized carbons (Fsp3) is 0.400. The summed E-state index contributed by atoms with van der Waals surface area (Å²) in [5.74, 6) is 3.30. The van der Waals surface area contributed by atoms with Gasteiger partial charge < -0.3 is 4.90 Å². The topological polar surface area (TPSA) is 51.0 Å². The molecule has 1 saturated heterocycles. The average Bonchev–Trinajstić information content (AvgIpc) is 2.94. The third kappa shape index (κ3) is 2.52. The summed E-state index contributed by atoms with van der Waals surface area (Å²) in [4.78, 5) is 15.0. The Morgan fingerprint density at radius 2 is 2.14 bits per heavy atom. The highest BCUT2D eigenvalue weighted by molar-refractivity contribution is 8.07.